The van der Waals surface area contributed by atoms with Crippen molar-refractivity contribution in [3.63, 3.8) is 0 Å². The van der Waals surface area contributed by atoms with Crippen LogP contribution in [-0.4, -0.2) is 37.8 Å². The van der Waals surface area contributed by atoms with Crippen LogP contribution in [0.25, 0.3) is 11.3 Å². The van der Waals surface area contributed by atoms with Gasteiger partial charge in [0.15, 0.2) is 0 Å². The molecule has 0 bridgehead atoms. The van der Waals surface area contributed by atoms with E-state index < -0.39 is 0 Å². The highest BCUT2D eigenvalue weighted by atomic mass is 16.3. The van der Waals surface area contributed by atoms with Gasteiger partial charge in [-0.25, -0.2) is 0 Å². The average molecular weight is 402 g/mol. The number of carbonyl (C=O) groups is 1. The third kappa shape index (κ3) is 3.33. The summed E-state index contributed by atoms with van der Waals surface area (Å²) in [6.07, 6.45) is 5.04. The molecule has 1 aromatic heterocycles. The molecule has 5 rings (SSSR count). The predicted molar refractivity (Wildman–Crippen MR) is 116 cm³/mol. The van der Waals surface area contributed by atoms with E-state index in [1.807, 2.05) is 28.9 Å². The molecule has 5 heteroatoms. The molecule has 1 saturated carbocycles. The third-order valence-corrected chi connectivity index (χ3v) is 6.60. The van der Waals surface area contributed by atoms with Gasteiger partial charge in [-0.3, -0.25) is 9.48 Å². The molecule has 0 saturated heterocycles. The first-order valence-corrected chi connectivity index (χ1v) is 10.7. The van der Waals surface area contributed by atoms with Gasteiger partial charge < -0.3 is 10.0 Å². The average Bonchev–Trinajstić information content (AvgIpc) is 3.43. The zero-order valence-corrected chi connectivity index (χ0v) is 17.5. The molecule has 154 valence electrons. The maximum Gasteiger partial charge on any atom is 0.254 e. The van der Waals surface area contributed by atoms with Crippen LogP contribution in [0.15, 0.2) is 48.7 Å². The molecule has 0 unspecified atom stereocenters. The Morgan fingerprint density at radius 1 is 1.13 bits per heavy atom. The third-order valence-electron chi connectivity index (χ3n) is 6.60. The minimum Gasteiger partial charge on any atom is -0.391 e. The van der Waals surface area contributed by atoms with Crippen LogP contribution in [0, 0.1) is 6.92 Å². The van der Waals surface area contributed by atoms with Crippen molar-refractivity contribution in [1.29, 1.82) is 0 Å². The number of amides is 1. The van der Waals surface area contributed by atoms with Gasteiger partial charge in [0.2, 0.25) is 0 Å². The molecular weight excluding hydrogens is 374 g/mol. The maximum absolute atomic E-state index is 13.1. The van der Waals surface area contributed by atoms with Crippen molar-refractivity contribution in [3.8, 4) is 11.3 Å². The number of carbonyl (C=O) groups excluding carboxylic acids is 1. The van der Waals surface area contributed by atoms with Gasteiger partial charge in [-0.1, -0.05) is 30.3 Å². The fourth-order valence-corrected chi connectivity index (χ4v) is 4.88. The van der Waals surface area contributed by atoms with Crippen LogP contribution in [0.4, 0.5) is 0 Å². The Hall–Kier alpha value is -2.92. The van der Waals surface area contributed by atoms with Crippen molar-refractivity contribution >= 4 is 5.91 Å². The predicted octanol–water partition coefficient (Wildman–Crippen LogP) is 3.86. The Kier molecular flexibility index (Phi) is 4.70. The fourth-order valence-electron chi connectivity index (χ4n) is 4.88. The minimum absolute atomic E-state index is 0.0344. The number of aliphatic hydroxyl groups is 1. The van der Waals surface area contributed by atoms with Gasteiger partial charge in [0.25, 0.3) is 5.91 Å². The van der Waals surface area contributed by atoms with Crippen LogP contribution >= 0.6 is 0 Å². The van der Waals surface area contributed by atoms with Crippen molar-refractivity contribution in [2.45, 2.75) is 51.3 Å². The number of hydrogen-bond donors (Lipinski definition) is 1. The van der Waals surface area contributed by atoms with Crippen LogP contribution in [0.1, 0.15) is 51.9 Å². The van der Waals surface area contributed by atoms with E-state index in [9.17, 15) is 9.90 Å². The van der Waals surface area contributed by atoms with E-state index in [0.717, 1.165) is 48.1 Å². The van der Waals surface area contributed by atoms with Crippen LogP contribution in [0.5, 0.6) is 0 Å². The molecular formula is C25H27N3O2. The molecule has 1 aliphatic heterocycles. The lowest BCUT2D eigenvalue weighted by Gasteiger charge is -2.26. The fraction of sp³-hybridized carbons (Fsp3) is 0.360. The van der Waals surface area contributed by atoms with Gasteiger partial charge in [0, 0.05) is 30.9 Å². The molecule has 2 aliphatic rings. The number of aryl methyl sites for hydroxylation is 2. The molecule has 1 amide bonds. The molecule has 1 aliphatic carbocycles. The summed E-state index contributed by atoms with van der Waals surface area (Å²) in [7, 11) is 1.92. The van der Waals surface area contributed by atoms with Crippen LogP contribution < -0.4 is 0 Å². The summed E-state index contributed by atoms with van der Waals surface area (Å²) in [6.45, 7) is 2.74. The van der Waals surface area contributed by atoms with Gasteiger partial charge in [-0.2, -0.15) is 5.10 Å². The standard InChI is InChI=1S/C25H27N3O2/c1-16-12-20-15-28(23-4-3-5-24(23)29)25(30)21(20)14-19(16)13-17-6-8-18(9-7-17)22-10-11-27(2)26-22/h6-12,14,23-24,29H,3-5,13,15H2,1-2H3/t23-,24-/m0/s1. The van der Waals surface area contributed by atoms with Crippen LogP contribution in [0.3, 0.4) is 0 Å². The lowest BCUT2D eigenvalue weighted by molar-refractivity contribution is 0.0479. The molecule has 0 spiro atoms. The van der Waals surface area contributed by atoms with E-state index in [0.29, 0.717) is 6.54 Å². The zero-order chi connectivity index (χ0) is 20.8. The summed E-state index contributed by atoms with van der Waals surface area (Å²) in [4.78, 5) is 14.9. The second-order valence-corrected chi connectivity index (χ2v) is 8.68. The van der Waals surface area contributed by atoms with Gasteiger partial charge in [0.1, 0.15) is 0 Å². The van der Waals surface area contributed by atoms with E-state index in [4.69, 9.17) is 0 Å². The summed E-state index contributed by atoms with van der Waals surface area (Å²) < 4.78 is 1.81. The minimum atomic E-state index is -0.388. The van der Waals surface area contributed by atoms with Crippen molar-refractivity contribution in [1.82, 2.24) is 14.7 Å². The summed E-state index contributed by atoms with van der Waals surface area (Å²) >= 11 is 0. The summed E-state index contributed by atoms with van der Waals surface area (Å²) in [5.41, 5.74) is 7.58. The lowest BCUT2D eigenvalue weighted by Crippen LogP contribution is -2.40. The molecule has 2 heterocycles. The van der Waals surface area contributed by atoms with E-state index >= 15 is 0 Å². The zero-order valence-electron chi connectivity index (χ0n) is 17.5. The van der Waals surface area contributed by atoms with Crippen molar-refractivity contribution in [2.24, 2.45) is 7.05 Å². The normalized spacial score (nSPS) is 20.8. The number of rotatable bonds is 4. The monoisotopic (exact) mass is 401 g/mol. The Morgan fingerprint density at radius 3 is 2.60 bits per heavy atom. The number of benzene rings is 2. The number of aliphatic hydroxyl groups excluding tert-OH is 1. The smallest absolute Gasteiger partial charge is 0.254 e. The van der Waals surface area contributed by atoms with E-state index in [1.54, 1.807) is 0 Å². The van der Waals surface area contributed by atoms with E-state index in [2.05, 4.69) is 48.4 Å². The second kappa shape index (κ2) is 7.40. The van der Waals surface area contributed by atoms with Crippen LogP contribution in [0.2, 0.25) is 0 Å². The SMILES string of the molecule is Cc1cc2c(cc1Cc1ccc(-c3ccn(C)n3)cc1)C(=O)N([C@H]1CCC[C@@H]1O)C2. The van der Waals surface area contributed by atoms with E-state index in [1.165, 1.54) is 16.7 Å². The first kappa shape index (κ1) is 19.1. The largest absolute Gasteiger partial charge is 0.391 e. The van der Waals surface area contributed by atoms with Gasteiger partial charge >= 0.3 is 0 Å². The Balaban J connectivity index is 1.37. The number of fused-ring (bicyclic) bond motifs is 1. The lowest BCUT2D eigenvalue weighted by atomic mass is 9.95. The Morgan fingerprint density at radius 2 is 1.93 bits per heavy atom. The molecule has 5 nitrogen and oxygen atoms in total. The molecule has 2 aromatic carbocycles. The Labute approximate surface area is 177 Å². The number of hydrogen-bond acceptors (Lipinski definition) is 3. The quantitative estimate of drug-likeness (QED) is 0.722. The summed E-state index contributed by atoms with van der Waals surface area (Å²) in [6, 6.07) is 14.7. The highest BCUT2D eigenvalue weighted by Crippen LogP contribution is 2.33. The van der Waals surface area contributed by atoms with Gasteiger partial charge in [0.05, 0.1) is 17.8 Å². The number of nitrogens with zero attached hydrogens (tertiary/aromatic N) is 3. The van der Waals surface area contributed by atoms with Crippen molar-refractivity contribution in [3.05, 3.63) is 76.5 Å². The summed E-state index contributed by atoms with van der Waals surface area (Å²) in [5, 5.41) is 14.7. The first-order valence-electron chi connectivity index (χ1n) is 10.7. The molecule has 2 atom stereocenters. The van der Waals surface area contributed by atoms with Crippen LogP contribution in [-0.2, 0) is 20.0 Å². The molecule has 1 N–H and O–H groups in total. The number of aromatic nitrogens is 2. The van der Waals surface area contributed by atoms with Gasteiger partial charge in [-0.05, 0) is 67.0 Å². The molecule has 0 radical (unpaired) electrons. The van der Waals surface area contributed by atoms with Gasteiger partial charge in [-0.15, -0.1) is 0 Å². The highest BCUT2D eigenvalue weighted by molar-refractivity contribution is 5.99. The van der Waals surface area contributed by atoms with Crippen molar-refractivity contribution < 1.29 is 9.90 Å². The molecule has 1 fully saturated rings. The highest BCUT2D eigenvalue weighted by Gasteiger charge is 2.38. The first-order chi connectivity index (χ1) is 14.5. The molecule has 3 aromatic rings. The second-order valence-electron chi connectivity index (χ2n) is 8.68. The summed E-state index contributed by atoms with van der Waals surface area (Å²) in [5.74, 6) is 0.0719. The van der Waals surface area contributed by atoms with E-state index in [-0.39, 0.29) is 18.1 Å². The van der Waals surface area contributed by atoms with Crippen molar-refractivity contribution in [2.75, 3.05) is 0 Å². The topological polar surface area (TPSA) is 58.4 Å². The maximum atomic E-state index is 13.1. The molecule has 30 heavy (non-hydrogen) atoms. The Bertz CT molecular complexity index is 1100.